The molecular weight excluding hydrogens is 430 g/mol. The van der Waals surface area contributed by atoms with Crippen molar-refractivity contribution in [2.75, 3.05) is 6.54 Å². The van der Waals surface area contributed by atoms with Gasteiger partial charge in [0.25, 0.3) is 10.0 Å². The van der Waals surface area contributed by atoms with E-state index in [0.29, 0.717) is 18.7 Å². The molecular formula is C19H20ClN5O4S. The van der Waals surface area contributed by atoms with Crippen molar-refractivity contribution in [3.05, 3.63) is 52.9 Å². The lowest BCUT2D eigenvalue weighted by atomic mass is 10.2. The summed E-state index contributed by atoms with van der Waals surface area (Å²) >= 11 is 6.24. The number of aliphatic hydroxyl groups excluding tert-OH is 1. The number of hydrogen-bond donors (Lipinski definition) is 3. The Kier molecular flexibility index (Phi) is 5.49. The van der Waals surface area contributed by atoms with Crippen LogP contribution in [0.2, 0.25) is 5.02 Å². The van der Waals surface area contributed by atoms with Crippen LogP contribution < -0.4 is 10.6 Å². The molecule has 1 saturated heterocycles. The highest BCUT2D eigenvalue weighted by Crippen LogP contribution is 2.27. The first kappa shape index (κ1) is 20.7. The Hall–Kier alpha value is -2.53. The number of amides is 1. The third-order valence-corrected chi connectivity index (χ3v) is 6.86. The molecule has 1 fully saturated rings. The van der Waals surface area contributed by atoms with Gasteiger partial charge in [-0.2, -0.15) is 0 Å². The van der Waals surface area contributed by atoms with Crippen LogP contribution in [0.1, 0.15) is 17.7 Å². The number of hydrogen-bond acceptors (Lipinski definition) is 7. The smallest absolute Gasteiger partial charge is 0.269 e. The van der Waals surface area contributed by atoms with Crippen molar-refractivity contribution < 1.29 is 18.3 Å². The molecule has 3 N–H and O–H groups in total. The Morgan fingerprint density at radius 2 is 2.10 bits per heavy atom. The SMILES string of the molecule is Cc1ccc(S(=O)(=O)n2cc(Cl)c3nc(CNC(=O)[C@H]4C[C@@H](O)CN4)cnc32)cc1. The fourth-order valence-corrected chi connectivity index (χ4v) is 4.87. The third kappa shape index (κ3) is 3.91. The first-order valence-corrected chi connectivity index (χ1v) is 11.1. The minimum atomic E-state index is -3.89. The maximum absolute atomic E-state index is 13.0. The van der Waals surface area contributed by atoms with Gasteiger partial charge in [-0.05, 0) is 25.5 Å². The molecule has 0 bridgehead atoms. The summed E-state index contributed by atoms with van der Waals surface area (Å²) < 4.78 is 27.0. The summed E-state index contributed by atoms with van der Waals surface area (Å²) in [5, 5.41) is 15.3. The van der Waals surface area contributed by atoms with Crippen molar-refractivity contribution in [1.29, 1.82) is 0 Å². The van der Waals surface area contributed by atoms with Crippen LogP contribution in [0.4, 0.5) is 0 Å². The van der Waals surface area contributed by atoms with Crippen LogP contribution in [0.3, 0.4) is 0 Å². The minimum absolute atomic E-state index is 0.0995. The molecule has 2 atom stereocenters. The van der Waals surface area contributed by atoms with Gasteiger partial charge in [0.05, 0.1) is 40.5 Å². The van der Waals surface area contributed by atoms with E-state index in [0.717, 1.165) is 9.54 Å². The van der Waals surface area contributed by atoms with Crippen LogP contribution >= 0.6 is 11.6 Å². The van der Waals surface area contributed by atoms with E-state index < -0.39 is 22.2 Å². The third-order valence-electron chi connectivity index (χ3n) is 4.91. The predicted octanol–water partition coefficient (Wildman–Crippen LogP) is 0.969. The van der Waals surface area contributed by atoms with Gasteiger partial charge in [0.15, 0.2) is 5.65 Å². The van der Waals surface area contributed by atoms with E-state index >= 15 is 0 Å². The first-order valence-electron chi connectivity index (χ1n) is 9.29. The Bertz CT molecular complexity index is 1210. The lowest BCUT2D eigenvalue weighted by Gasteiger charge is -2.11. The fourth-order valence-electron chi connectivity index (χ4n) is 3.28. The lowest BCUT2D eigenvalue weighted by Crippen LogP contribution is -2.40. The second-order valence-electron chi connectivity index (χ2n) is 7.19. The normalized spacial score (nSPS) is 19.3. The van der Waals surface area contributed by atoms with E-state index in [1.807, 2.05) is 6.92 Å². The van der Waals surface area contributed by atoms with E-state index in [4.69, 9.17) is 11.6 Å². The Morgan fingerprint density at radius 1 is 1.37 bits per heavy atom. The number of carbonyl (C=O) groups is 1. The molecule has 1 aliphatic heterocycles. The van der Waals surface area contributed by atoms with Crippen molar-refractivity contribution in [3.63, 3.8) is 0 Å². The first-order chi connectivity index (χ1) is 14.3. The monoisotopic (exact) mass is 449 g/mol. The van der Waals surface area contributed by atoms with Crippen LogP contribution in [0.25, 0.3) is 11.2 Å². The molecule has 11 heteroatoms. The fraction of sp³-hybridized carbons (Fsp3) is 0.316. The van der Waals surface area contributed by atoms with Gasteiger partial charge in [0, 0.05) is 12.7 Å². The zero-order valence-electron chi connectivity index (χ0n) is 16.0. The highest BCUT2D eigenvalue weighted by Gasteiger charge is 2.28. The Morgan fingerprint density at radius 3 is 2.77 bits per heavy atom. The average Bonchev–Trinajstić information content (AvgIpc) is 3.30. The van der Waals surface area contributed by atoms with Crippen LogP contribution in [-0.2, 0) is 21.4 Å². The molecule has 3 aromatic rings. The number of halogens is 1. The molecule has 1 amide bonds. The average molecular weight is 450 g/mol. The summed E-state index contributed by atoms with van der Waals surface area (Å²) in [7, 11) is -3.89. The molecule has 2 aromatic heterocycles. The van der Waals surface area contributed by atoms with E-state index in [1.165, 1.54) is 24.5 Å². The van der Waals surface area contributed by atoms with Gasteiger partial charge < -0.3 is 15.7 Å². The van der Waals surface area contributed by atoms with Gasteiger partial charge in [0.2, 0.25) is 5.91 Å². The summed E-state index contributed by atoms with van der Waals surface area (Å²) in [5.41, 5.74) is 1.71. The molecule has 1 aromatic carbocycles. The molecule has 0 saturated carbocycles. The second kappa shape index (κ2) is 7.95. The number of β-amino-alcohol motifs (C(OH)–C–C–N with tert-alkyl or cyclic N) is 1. The standard InChI is InChI=1S/C19H20ClN5O4S/c1-11-2-4-14(5-3-11)30(28,29)25-10-15(20)17-18(25)22-7-12(24-17)8-23-19(27)16-6-13(26)9-21-16/h2-5,7,10,13,16,21,26H,6,8-9H2,1H3,(H,23,27)/t13-,16-/m1/s1. The zero-order valence-corrected chi connectivity index (χ0v) is 17.6. The van der Waals surface area contributed by atoms with Crippen molar-refractivity contribution in [2.45, 2.75) is 36.9 Å². The van der Waals surface area contributed by atoms with Crippen molar-refractivity contribution in [1.82, 2.24) is 24.6 Å². The number of nitrogens with zero attached hydrogens (tertiary/aromatic N) is 3. The minimum Gasteiger partial charge on any atom is -0.392 e. The molecule has 158 valence electrons. The topological polar surface area (TPSA) is 126 Å². The van der Waals surface area contributed by atoms with Gasteiger partial charge >= 0.3 is 0 Å². The largest absolute Gasteiger partial charge is 0.392 e. The number of fused-ring (bicyclic) bond motifs is 1. The van der Waals surface area contributed by atoms with Gasteiger partial charge in [-0.3, -0.25) is 4.79 Å². The summed E-state index contributed by atoms with van der Waals surface area (Å²) in [6, 6.07) is 6.02. The van der Waals surface area contributed by atoms with Crippen LogP contribution in [0, 0.1) is 6.92 Å². The maximum atomic E-state index is 13.0. The molecule has 4 rings (SSSR count). The Balaban J connectivity index is 1.58. The predicted molar refractivity (Wildman–Crippen MR) is 111 cm³/mol. The number of nitrogens with one attached hydrogen (secondary N) is 2. The second-order valence-corrected chi connectivity index (χ2v) is 9.41. The van der Waals surface area contributed by atoms with Gasteiger partial charge in [-0.1, -0.05) is 29.3 Å². The van der Waals surface area contributed by atoms with Crippen molar-refractivity contribution >= 4 is 38.7 Å². The van der Waals surface area contributed by atoms with Crippen molar-refractivity contribution in [2.24, 2.45) is 0 Å². The molecule has 30 heavy (non-hydrogen) atoms. The lowest BCUT2D eigenvalue weighted by molar-refractivity contribution is -0.123. The molecule has 0 unspecified atom stereocenters. The Labute approximate surface area is 178 Å². The van der Waals surface area contributed by atoms with Gasteiger partial charge in [0.1, 0.15) is 5.52 Å². The summed E-state index contributed by atoms with van der Waals surface area (Å²) in [6.07, 6.45) is 2.48. The number of carbonyl (C=O) groups excluding carboxylic acids is 1. The molecule has 9 nitrogen and oxygen atoms in total. The van der Waals surface area contributed by atoms with Crippen LogP contribution in [-0.4, -0.2) is 52.1 Å². The molecule has 0 spiro atoms. The van der Waals surface area contributed by atoms with Crippen LogP contribution in [0.15, 0.2) is 41.6 Å². The number of aromatic nitrogens is 3. The summed E-state index contributed by atoms with van der Waals surface area (Å²) in [6.45, 7) is 2.35. The quantitative estimate of drug-likeness (QED) is 0.529. The van der Waals surface area contributed by atoms with Crippen LogP contribution in [0.5, 0.6) is 0 Å². The summed E-state index contributed by atoms with van der Waals surface area (Å²) in [4.78, 5) is 20.9. The zero-order chi connectivity index (χ0) is 21.5. The van der Waals surface area contributed by atoms with E-state index in [1.54, 1.807) is 12.1 Å². The number of rotatable bonds is 5. The number of aliphatic hydroxyl groups is 1. The molecule has 3 heterocycles. The summed E-state index contributed by atoms with van der Waals surface area (Å²) in [5.74, 6) is -0.251. The number of aryl methyl sites for hydroxylation is 1. The molecule has 0 aliphatic carbocycles. The highest BCUT2D eigenvalue weighted by atomic mass is 35.5. The van der Waals surface area contributed by atoms with E-state index in [9.17, 15) is 18.3 Å². The van der Waals surface area contributed by atoms with Gasteiger partial charge in [-0.25, -0.2) is 22.4 Å². The van der Waals surface area contributed by atoms with E-state index in [2.05, 4.69) is 20.6 Å². The van der Waals surface area contributed by atoms with Crippen molar-refractivity contribution in [3.8, 4) is 0 Å². The van der Waals surface area contributed by atoms with E-state index in [-0.39, 0.29) is 33.5 Å². The van der Waals surface area contributed by atoms with Gasteiger partial charge in [-0.15, -0.1) is 0 Å². The molecule has 0 radical (unpaired) electrons. The maximum Gasteiger partial charge on any atom is 0.269 e. The molecule has 1 aliphatic rings. The number of benzene rings is 1. The highest BCUT2D eigenvalue weighted by molar-refractivity contribution is 7.90.